The first-order chi connectivity index (χ1) is 26.5. The Hall–Kier alpha value is -0.860. The fourth-order valence-corrected chi connectivity index (χ4v) is 16.7. The van der Waals surface area contributed by atoms with Gasteiger partial charge in [0.05, 0.1) is 12.2 Å². The zero-order valence-corrected chi connectivity index (χ0v) is 38.5. The third kappa shape index (κ3) is 7.91. The van der Waals surface area contributed by atoms with Crippen molar-refractivity contribution in [1.82, 2.24) is 0 Å². The molecule has 2 heteroatoms. The van der Waals surface area contributed by atoms with Gasteiger partial charge in [-0.1, -0.05) is 143 Å². The van der Waals surface area contributed by atoms with Crippen LogP contribution >= 0.6 is 0 Å². The predicted octanol–water partition coefficient (Wildman–Crippen LogP) is 14.7. The van der Waals surface area contributed by atoms with Gasteiger partial charge < -0.3 is 10.2 Å². The topological polar surface area (TPSA) is 40.5 Å². The molecular weight excluding hydrogens is 681 g/mol. The number of hydrogen-bond acceptors (Lipinski definition) is 2. The van der Waals surface area contributed by atoms with Crippen molar-refractivity contribution in [3.8, 4) is 0 Å². The first-order valence-electron chi connectivity index (χ1n) is 25.0. The molecule has 6 saturated carbocycles. The van der Waals surface area contributed by atoms with Crippen LogP contribution in [0, 0.1) is 86.8 Å². The molecule has 6 fully saturated rings. The Bertz CT molecular complexity index is 1450. The molecule has 8 aliphatic carbocycles. The van der Waals surface area contributed by atoms with E-state index in [-0.39, 0.29) is 12.2 Å². The Morgan fingerprint density at radius 2 is 1.12 bits per heavy atom. The molecule has 2 N–H and O–H groups in total. The van der Waals surface area contributed by atoms with Crippen LogP contribution in [0.4, 0.5) is 0 Å². The van der Waals surface area contributed by atoms with Gasteiger partial charge in [0, 0.05) is 0 Å². The molecule has 15 unspecified atom stereocenters. The van der Waals surface area contributed by atoms with E-state index in [1.54, 1.807) is 16.7 Å². The lowest BCUT2D eigenvalue weighted by Gasteiger charge is -2.58. The van der Waals surface area contributed by atoms with E-state index in [9.17, 15) is 10.2 Å². The van der Waals surface area contributed by atoms with E-state index < -0.39 is 0 Å². The lowest BCUT2D eigenvalue weighted by Crippen LogP contribution is -2.50. The van der Waals surface area contributed by atoms with E-state index >= 15 is 0 Å². The number of aliphatic hydroxyl groups excluding tert-OH is 2. The van der Waals surface area contributed by atoms with Gasteiger partial charge in [-0.2, -0.15) is 0 Å². The molecule has 15 atom stereocenters. The predicted molar refractivity (Wildman–Crippen MR) is 238 cm³/mol. The molecule has 0 saturated heterocycles. The fourth-order valence-electron chi connectivity index (χ4n) is 16.7. The largest absolute Gasteiger partial charge is 0.393 e. The normalized spacial score (nSPS) is 45.1. The van der Waals surface area contributed by atoms with Gasteiger partial charge in [0.2, 0.25) is 0 Å². The smallest absolute Gasteiger partial charge is 0.0578 e. The van der Waals surface area contributed by atoms with Crippen molar-refractivity contribution in [2.75, 3.05) is 0 Å². The van der Waals surface area contributed by atoms with Crippen LogP contribution in [0.5, 0.6) is 0 Å². The molecule has 2 nitrogen and oxygen atoms in total. The molecule has 0 amide bonds. The van der Waals surface area contributed by atoms with E-state index in [0.717, 1.165) is 90.8 Å². The van der Waals surface area contributed by atoms with Crippen molar-refractivity contribution < 1.29 is 10.2 Å². The fraction of sp³-hybridized carbons (Fsp3) is 0.889. The molecule has 8 rings (SSSR count). The van der Waals surface area contributed by atoms with Gasteiger partial charge in [-0.3, -0.25) is 0 Å². The monoisotopic (exact) mass is 771 g/mol. The third-order valence-corrected chi connectivity index (χ3v) is 20.0. The van der Waals surface area contributed by atoms with Crippen LogP contribution in [0.15, 0.2) is 34.9 Å². The lowest BCUT2D eigenvalue weighted by atomic mass is 9.47. The van der Waals surface area contributed by atoms with Gasteiger partial charge >= 0.3 is 0 Å². The number of hydrogen-bond donors (Lipinski definition) is 2. The Morgan fingerprint density at radius 3 is 1.77 bits per heavy atom. The molecule has 0 aromatic carbocycles. The minimum Gasteiger partial charge on any atom is -0.393 e. The highest BCUT2D eigenvalue weighted by Gasteiger charge is 2.60. The summed E-state index contributed by atoms with van der Waals surface area (Å²) in [5.74, 6) is 9.65. The maximum atomic E-state index is 10.2. The highest BCUT2D eigenvalue weighted by Crippen LogP contribution is 2.68. The number of rotatable bonds is 10. The van der Waals surface area contributed by atoms with Crippen LogP contribution in [0.3, 0.4) is 0 Å². The van der Waals surface area contributed by atoms with Gasteiger partial charge in [-0.05, 0) is 183 Å². The minimum absolute atomic E-state index is 0.0766. The summed E-state index contributed by atoms with van der Waals surface area (Å²) >= 11 is 0. The van der Waals surface area contributed by atoms with Crippen molar-refractivity contribution in [3.05, 3.63) is 34.9 Å². The van der Waals surface area contributed by atoms with Gasteiger partial charge in [0.25, 0.3) is 0 Å². The van der Waals surface area contributed by atoms with E-state index in [1.165, 1.54) is 109 Å². The molecule has 0 radical (unpaired) electrons. The zero-order valence-electron chi connectivity index (χ0n) is 38.5. The van der Waals surface area contributed by atoms with Crippen LogP contribution < -0.4 is 0 Å². The molecule has 318 valence electrons. The number of fused-ring (bicyclic) bond motifs is 10. The second kappa shape index (κ2) is 16.9. The summed E-state index contributed by atoms with van der Waals surface area (Å²) in [6.45, 7) is 25.0. The van der Waals surface area contributed by atoms with Crippen molar-refractivity contribution in [2.24, 2.45) is 86.8 Å². The highest BCUT2D eigenvalue weighted by molar-refractivity contribution is 5.39. The summed E-state index contributed by atoms with van der Waals surface area (Å²) < 4.78 is 0. The van der Waals surface area contributed by atoms with Gasteiger partial charge in [0.15, 0.2) is 0 Å². The number of allylic oxidation sites excluding steroid dienone is 4. The van der Waals surface area contributed by atoms with Crippen LogP contribution in [0.25, 0.3) is 0 Å². The Labute approximate surface area is 347 Å². The number of aliphatic hydroxyl groups is 2. The molecule has 0 heterocycles. The molecular formula is C54H90O2. The average Bonchev–Trinajstić information content (AvgIpc) is 3.69. The first-order valence-corrected chi connectivity index (χ1v) is 25.0. The second-order valence-electron chi connectivity index (χ2n) is 24.0. The summed E-state index contributed by atoms with van der Waals surface area (Å²) in [6, 6.07) is 0. The Kier molecular flexibility index (Phi) is 13.0. The van der Waals surface area contributed by atoms with E-state index in [4.69, 9.17) is 0 Å². The van der Waals surface area contributed by atoms with Crippen molar-refractivity contribution in [3.63, 3.8) is 0 Å². The molecule has 0 aromatic heterocycles. The Balaban J connectivity index is 0.000000172. The van der Waals surface area contributed by atoms with Crippen LogP contribution in [0.1, 0.15) is 204 Å². The molecule has 0 bridgehead atoms. The summed E-state index contributed by atoms with van der Waals surface area (Å²) in [6.07, 6.45) is 35.0. The summed E-state index contributed by atoms with van der Waals surface area (Å²) in [7, 11) is 0. The average molecular weight is 771 g/mol. The second-order valence-corrected chi connectivity index (χ2v) is 24.0. The zero-order chi connectivity index (χ0) is 40.2. The summed E-state index contributed by atoms with van der Waals surface area (Å²) in [5, 5.41) is 20.4. The van der Waals surface area contributed by atoms with E-state index in [1.807, 2.05) is 0 Å². The molecule has 0 spiro atoms. The summed E-state index contributed by atoms with van der Waals surface area (Å²) in [5.41, 5.74) is 6.79. The maximum Gasteiger partial charge on any atom is 0.0578 e. The standard InChI is InChI=1S/C27H46O.C27H44O/c2*1-18(2)7-6-8-19(3)23-11-12-24-22-10-9-20-17-21(28)13-15-26(20,4)25(22)14-16-27(23,24)5/h9,18-19,21-25,28H,6-8,10-17H2,1-5H3;9-10,18-19,21,23-25,28H,6-8,11-17H2,1-5H3. The van der Waals surface area contributed by atoms with Gasteiger partial charge in [-0.15, -0.1) is 0 Å². The lowest BCUT2D eigenvalue weighted by molar-refractivity contribution is -0.0573. The molecule has 0 aromatic rings. The van der Waals surface area contributed by atoms with Crippen LogP contribution in [-0.2, 0) is 0 Å². The van der Waals surface area contributed by atoms with Gasteiger partial charge in [0.1, 0.15) is 0 Å². The minimum atomic E-state index is -0.106. The molecule has 8 aliphatic rings. The SMILES string of the molecule is CC(C)CCCC(C)C1CCC2C3=CC=C4CC(O)CCC4(C)C3CCC21C.CC(C)CCCC(C)C1CCC2C3CC=C4CC(O)CCC4(C)C3CCC12C. The maximum absolute atomic E-state index is 10.2. The first kappa shape index (κ1) is 43.2. The van der Waals surface area contributed by atoms with Gasteiger partial charge in [-0.25, -0.2) is 0 Å². The Morgan fingerprint density at radius 1 is 0.554 bits per heavy atom. The molecule has 56 heavy (non-hydrogen) atoms. The van der Waals surface area contributed by atoms with E-state index in [2.05, 4.69) is 87.5 Å². The summed E-state index contributed by atoms with van der Waals surface area (Å²) in [4.78, 5) is 0. The van der Waals surface area contributed by atoms with Crippen molar-refractivity contribution in [2.45, 2.75) is 216 Å². The van der Waals surface area contributed by atoms with Crippen molar-refractivity contribution >= 4 is 0 Å². The van der Waals surface area contributed by atoms with Crippen LogP contribution in [0.2, 0.25) is 0 Å². The highest BCUT2D eigenvalue weighted by atomic mass is 16.3. The third-order valence-electron chi connectivity index (χ3n) is 20.0. The van der Waals surface area contributed by atoms with Crippen molar-refractivity contribution in [1.29, 1.82) is 0 Å². The van der Waals surface area contributed by atoms with E-state index in [0.29, 0.717) is 21.7 Å². The quantitative estimate of drug-likeness (QED) is 0.217. The molecule has 0 aliphatic heterocycles. The van der Waals surface area contributed by atoms with Crippen LogP contribution in [-0.4, -0.2) is 22.4 Å².